The van der Waals surface area contributed by atoms with Crippen LogP contribution in [0.5, 0.6) is 0 Å². The summed E-state index contributed by atoms with van der Waals surface area (Å²) in [6.45, 7) is 7.40. The van der Waals surface area contributed by atoms with E-state index in [1.807, 2.05) is 20.8 Å². The number of carbonyl (C=O) groups excluding carboxylic acids is 1. The maximum Gasteiger partial charge on any atom is 0.410 e. The van der Waals surface area contributed by atoms with Crippen molar-refractivity contribution < 1.29 is 14.6 Å². The normalized spacial score (nSPS) is 32.7. The van der Waals surface area contributed by atoms with Crippen molar-refractivity contribution in [2.75, 3.05) is 19.7 Å². The van der Waals surface area contributed by atoms with Crippen molar-refractivity contribution in [3.8, 4) is 0 Å². The molecule has 1 N–H and O–H groups in total. The Labute approximate surface area is 103 Å². The minimum atomic E-state index is -0.430. The smallest absolute Gasteiger partial charge is 0.410 e. The van der Waals surface area contributed by atoms with Crippen LogP contribution in [0.1, 0.15) is 40.0 Å². The summed E-state index contributed by atoms with van der Waals surface area (Å²) in [5.74, 6) is 0.611. The summed E-state index contributed by atoms with van der Waals surface area (Å²) in [6, 6.07) is 0. The van der Waals surface area contributed by atoms with Gasteiger partial charge in [-0.15, -0.1) is 0 Å². The highest BCUT2D eigenvalue weighted by Crippen LogP contribution is 2.57. The van der Waals surface area contributed by atoms with Gasteiger partial charge in [0, 0.05) is 19.7 Å². The number of fused-ring (bicyclic) bond motifs is 1. The Morgan fingerprint density at radius 1 is 1.47 bits per heavy atom. The fourth-order valence-electron chi connectivity index (χ4n) is 2.71. The first-order chi connectivity index (χ1) is 7.86. The Kier molecular flexibility index (Phi) is 3.10. The summed E-state index contributed by atoms with van der Waals surface area (Å²) in [5.41, 5.74) is -0.308. The molecule has 2 aliphatic rings. The van der Waals surface area contributed by atoms with Gasteiger partial charge >= 0.3 is 6.09 Å². The third kappa shape index (κ3) is 2.73. The van der Waals surface area contributed by atoms with Crippen molar-refractivity contribution in [1.29, 1.82) is 0 Å². The maximum absolute atomic E-state index is 11.9. The zero-order valence-corrected chi connectivity index (χ0v) is 11.0. The zero-order valence-electron chi connectivity index (χ0n) is 11.0. The minimum Gasteiger partial charge on any atom is -0.444 e. The first kappa shape index (κ1) is 12.7. The maximum atomic E-state index is 11.9. The van der Waals surface area contributed by atoms with Crippen LogP contribution in [0.3, 0.4) is 0 Å². The van der Waals surface area contributed by atoms with Gasteiger partial charge in [-0.1, -0.05) is 0 Å². The summed E-state index contributed by atoms with van der Waals surface area (Å²) >= 11 is 0. The quantitative estimate of drug-likeness (QED) is 0.764. The molecule has 2 rings (SSSR count). The number of likely N-dealkylation sites (tertiary alicyclic amines) is 1. The number of amides is 1. The van der Waals surface area contributed by atoms with Crippen molar-refractivity contribution >= 4 is 6.09 Å². The summed E-state index contributed by atoms with van der Waals surface area (Å²) in [5, 5.41) is 9.39. The monoisotopic (exact) mass is 241 g/mol. The van der Waals surface area contributed by atoms with E-state index in [1.165, 1.54) is 0 Å². The molecule has 4 nitrogen and oxygen atoms in total. The first-order valence-electron chi connectivity index (χ1n) is 6.45. The van der Waals surface area contributed by atoms with Crippen LogP contribution >= 0.6 is 0 Å². The molecule has 1 saturated carbocycles. The lowest BCUT2D eigenvalue weighted by Crippen LogP contribution is -2.38. The number of hydrogen-bond donors (Lipinski definition) is 1. The van der Waals surface area contributed by atoms with Gasteiger partial charge in [0.25, 0.3) is 0 Å². The highest BCUT2D eigenvalue weighted by molar-refractivity contribution is 5.68. The van der Waals surface area contributed by atoms with Gasteiger partial charge in [-0.3, -0.25) is 0 Å². The molecule has 0 aromatic rings. The van der Waals surface area contributed by atoms with E-state index < -0.39 is 5.60 Å². The number of hydrogen-bond acceptors (Lipinski definition) is 3. The summed E-state index contributed by atoms with van der Waals surface area (Å²) in [4.78, 5) is 13.7. The molecule has 0 bridgehead atoms. The standard InChI is InChI=1S/C13H23NO3/c1-12(2,3)17-11(16)14-6-4-10-8-13(10,9-15)5-7-14/h10,15H,4-9H2,1-3H3. The lowest BCUT2D eigenvalue weighted by Gasteiger charge is -2.27. The Hall–Kier alpha value is -0.770. The third-order valence-electron chi connectivity index (χ3n) is 3.95. The fourth-order valence-corrected chi connectivity index (χ4v) is 2.71. The van der Waals surface area contributed by atoms with Crippen LogP contribution in [0.2, 0.25) is 0 Å². The van der Waals surface area contributed by atoms with Gasteiger partial charge in [-0.05, 0) is 51.4 Å². The molecule has 0 radical (unpaired) electrons. The lowest BCUT2D eigenvalue weighted by molar-refractivity contribution is 0.0245. The van der Waals surface area contributed by atoms with Gasteiger partial charge in [0.1, 0.15) is 5.60 Å². The van der Waals surface area contributed by atoms with Crippen LogP contribution in [0.4, 0.5) is 4.79 Å². The van der Waals surface area contributed by atoms with E-state index in [9.17, 15) is 9.90 Å². The Morgan fingerprint density at radius 3 is 2.76 bits per heavy atom. The second-order valence-corrected chi connectivity index (χ2v) is 6.43. The predicted octanol–water partition coefficient (Wildman–Crippen LogP) is 2.02. The third-order valence-corrected chi connectivity index (χ3v) is 3.95. The van der Waals surface area contributed by atoms with Gasteiger partial charge in [0.05, 0.1) is 0 Å². The van der Waals surface area contributed by atoms with Crippen molar-refractivity contribution in [3.05, 3.63) is 0 Å². The molecule has 98 valence electrons. The van der Waals surface area contributed by atoms with Crippen LogP contribution in [0, 0.1) is 11.3 Å². The van der Waals surface area contributed by atoms with E-state index in [-0.39, 0.29) is 18.1 Å². The van der Waals surface area contributed by atoms with Crippen molar-refractivity contribution in [2.45, 2.75) is 45.6 Å². The minimum absolute atomic E-state index is 0.122. The summed E-state index contributed by atoms with van der Waals surface area (Å²) in [6.07, 6.45) is 2.82. The highest BCUT2D eigenvalue weighted by Gasteiger charge is 2.54. The first-order valence-corrected chi connectivity index (χ1v) is 6.45. The number of rotatable bonds is 1. The zero-order chi connectivity index (χ0) is 12.7. The van der Waals surface area contributed by atoms with Crippen LogP contribution < -0.4 is 0 Å². The fraction of sp³-hybridized carbons (Fsp3) is 0.923. The molecule has 17 heavy (non-hydrogen) atoms. The number of nitrogens with zero attached hydrogens (tertiary/aromatic N) is 1. The van der Waals surface area contributed by atoms with E-state index in [2.05, 4.69) is 0 Å². The van der Waals surface area contributed by atoms with Gasteiger partial charge in [0.2, 0.25) is 0 Å². The second kappa shape index (κ2) is 4.16. The predicted molar refractivity (Wildman–Crippen MR) is 64.7 cm³/mol. The molecule has 1 heterocycles. The average Bonchev–Trinajstić information content (AvgIpc) is 2.88. The molecular weight excluding hydrogens is 218 g/mol. The number of aliphatic hydroxyl groups excluding tert-OH is 1. The molecule has 1 aliphatic heterocycles. The molecule has 2 unspecified atom stereocenters. The largest absolute Gasteiger partial charge is 0.444 e. The average molecular weight is 241 g/mol. The second-order valence-electron chi connectivity index (χ2n) is 6.43. The number of aliphatic hydroxyl groups is 1. The SMILES string of the molecule is CC(C)(C)OC(=O)N1CCC2CC2(CO)CC1. The highest BCUT2D eigenvalue weighted by atomic mass is 16.6. The Balaban J connectivity index is 1.90. The van der Waals surface area contributed by atoms with Gasteiger partial charge in [0.15, 0.2) is 0 Å². The number of ether oxygens (including phenoxy) is 1. The molecular formula is C13H23NO3. The molecule has 1 amide bonds. The molecule has 4 heteroatoms. The topological polar surface area (TPSA) is 49.8 Å². The number of carbonyl (C=O) groups is 1. The van der Waals surface area contributed by atoms with Crippen LogP contribution in [-0.2, 0) is 4.74 Å². The molecule has 0 aromatic carbocycles. The summed E-state index contributed by atoms with van der Waals surface area (Å²) < 4.78 is 5.37. The van der Waals surface area contributed by atoms with Crippen molar-refractivity contribution in [2.24, 2.45) is 11.3 Å². The van der Waals surface area contributed by atoms with Crippen molar-refractivity contribution in [3.63, 3.8) is 0 Å². The summed E-state index contributed by atoms with van der Waals surface area (Å²) in [7, 11) is 0. The Morgan fingerprint density at radius 2 is 2.18 bits per heavy atom. The Bertz CT molecular complexity index is 310. The van der Waals surface area contributed by atoms with E-state index in [0.29, 0.717) is 12.5 Å². The molecule has 0 aromatic heterocycles. The molecule has 0 spiro atoms. The lowest BCUT2D eigenvalue weighted by atomic mass is 10.0. The van der Waals surface area contributed by atoms with Crippen LogP contribution in [0.15, 0.2) is 0 Å². The molecule has 1 saturated heterocycles. The molecule has 1 aliphatic carbocycles. The van der Waals surface area contributed by atoms with Gasteiger partial charge < -0.3 is 14.7 Å². The van der Waals surface area contributed by atoms with E-state index in [4.69, 9.17) is 4.74 Å². The molecule has 2 atom stereocenters. The van der Waals surface area contributed by atoms with Crippen LogP contribution in [0.25, 0.3) is 0 Å². The van der Waals surface area contributed by atoms with Crippen LogP contribution in [-0.4, -0.2) is 41.4 Å². The molecule has 2 fully saturated rings. The van der Waals surface area contributed by atoms with Gasteiger partial charge in [-0.2, -0.15) is 0 Å². The van der Waals surface area contributed by atoms with Gasteiger partial charge in [-0.25, -0.2) is 4.79 Å². The van der Waals surface area contributed by atoms with E-state index in [1.54, 1.807) is 4.90 Å². The van der Waals surface area contributed by atoms with E-state index >= 15 is 0 Å². The van der Waals surface area contributed by atoms with Crippen molar-refractivity contribution in [1.82, 2.24) is 4.90 Å². The van der Waals surface area contributed by atoms with E-state index in [0.717, 1.165) is 25.8 Å².